The summed E-state index contributed by atoms with van der Waals surface area (Å²) in [5.74, 6) is 0. The lowest BCUT2D eigenvalue weighted by molar-refractivity contribution is 1.28. The molecule has 0 saturated heterocycles. The number of aromatic nitrogens is 2. The van der Waals surface area contributed by atoms with Gasteiger partial charge >= 0.3 is 0 Å². The molecule has 2 aromatic carbocycles. The monoisotopic (exact) mass is 492 g/mol. The number of hydrogen-bond donors (Lipinski definition) is 1. The molecule has 0 amide bonds. The second-order valence-corrected chi connectivity index (χ2v) is 8.15. The summed E-state index contributed by atoms with van der Waals surface area (Å²) in [6, 6.07) is 15.3. The number of benzene rings is 2. The molecule has 0 unspecified atom stereocenters. The second kappa shape index (κ2) is 7.91. The number of aromatic amines is 1. The van der Waals surface area contributed by atoms with E-state index in [0.29, 0.717) is 5.15 Å². The number of halogens is 3. The van der Waals surface area contributed by atoms with E-state index in [0.717, 1.165) is 41.9 Å². The number of fused-ring (bicyclic) bond motifs is 2. The minimum Gasteiger partial charge on any atom is -0.322 e. The van der Waals surface area contributed by atoms with Crippen LogP contribution < -0.4 is 5.56 Å². The maximum atomic E-state index is 11.1. The zero-order chi connectivity index (χ0) is 18.8. The van der Waals surface area contributed by atoms with Crippen LogP contribution in [0.3, 0.4) is 0 Å². The normalized spacial score (nSPS) is 10.7. The molecule has 0 atom stereocenters. The largest absolute Gasteiger partial charge is 0.322 e. The van der Waals surface area contributed by atoms with Crippen LogP contribution in [0.4, 0.5) is 0 Å². The molecule has 0 bridgehead atoms. The molecule has 0 radical (unpaired) electrons. The van der Waals surface area contributed by atoms with Crippen LogP contribution in [0, 0.1) is 13.8 Å². The van der Waals surface area contributed by atoms with Gasteiger partial charge in [-0.25, -0.2) is 4.98 Å². The van der Waals surface area contributed by atoms with E-state index in [1.807, 2.05) is 56.3 Å². The van der Waals surface area contributed by atoms with Crippen molar-refractivity contribution in [2.75, 3.05) is 0 Å². The number of hydrogen-bond acceptors (Lipinski definition) is 2. The lowest BCUT2D eigenvalue weighted by Gasteiger charge is -2.02. The molecule has 3 nitrogen and oxygen atoms in total. The molecule has 0 aliphatic rings. The maximum Gasteiger partial charge on any atom is 0.248 e. The van der Waals surface area contributed by atoms with Crippen molar-refractivity contribution in [2.24, 2.45) is 0 Å². The standard InChI is InChI=1S/C10H7BrClN.C10H8BrNO/c1-6-4-10(12)13-9-3-2-7(11)5-8(6)9;1-6-4-10(13)12-9-3-2-7(11)5-8(6)9/h2-5H,1H3;2-5H,1H3,(H,12,13). The predicted molar refractivity (Wildman–Crippen MR) is 116 cm³/mol. The average molecular weight is 495 g/mol. The first-order valence-corrected chi connectivity index (χ1v) is 9.81. The van der Waals surface area contributed by atoms with Gasteiger partial charge in [-0.3, -0.25) is 4.79 Å². The number of aryl methyl sites for hydroxylation is 2. The van der Waals surface area contributed by atoms with E-state index in [1.54, 1.807) is 6.07 Å². The summed E-state index contributed by atoms with van der Waals surface area (Å²) in [4.78, 5) is 18.1. The van der Waals surface area contributed by atoms with E-state index in [1.165, 1.54) is 0 Å². The van der Waals surface area contributed by atoms with Crippen LogP contribution in [0.1, 0.15) is 11.1 Å². The van der Waals surface area contributed by atoms with E-state index in [9.17, 15) is 4.79 Å². The fraction of sp³-hybridized carbons (Fsp3) is 0.100. The highest BCUT2D eigenvalue weighted by Crippen LogP contribution is 2.23. The van der Waals surface area contributed by atoms with Crippen LogP contribution in [-0.4, -0.2) is 9.97 Å². The fourth-order valence-corrected chi connectivity index (χ4v) is 3.70. The molecular weight excluding hydrogens is 479 g/mol. The molecule has 26 heavy (non-hydrogen) atoms. The average Bonchev–Trinajstić information content (AvgIpc) is 2.57. The third kappa shape index (κ3) is 4.34. The summed E-state index contributed by atoms with van der Waals surface area (Å²) < 4.78 is 2.09. The molecule has 0 spiro atoms. The van der Waals surface area contributed by atoms with Gasteiger partial charge in [0.25, 0.3) is 0 Å². The van der Waals surface area contributed by atoms with Gasteiger partial charge in [0.05, 0.1) is 5.52 Å². The highest BCUT2D eigenvalue weighted by Gasteiger charge is 2.01. The van der Waals surface area contributed by atoms with Crippen molar-refractivity contribution in [2.45, 2.75) is 13.8 Å². The Balaban J connectivity index is 0.000000151. The van der Waals surface area contributed by atoms with Gasteiger partial charge in [-0.1, -0.05) is 43.5 Å². The molecule has 6 heteroatoms. The molecule has 0 fully saturated rings. The summed E-state index contributed by atoms with van der Waals surface area (Å²) in [5.41, 5.74) is 3.92. The Bertz CT molecular complexity index is 1170. The van der Waals surface area contributed by atoms with Crippen molar-refractivity contribution in [3.63, 3.8) is 0 Å². The quantitative estimate of drug-likeness (QED) is 0.282. The number of nitrogens with one attached hydrogen (secondary N) is 1. The van der Waals surface area contributed by atoms with Crippen LogP contribution in [-0.2, 0) is 0 Å². The molecule has 1 N–H and O–H groups in total. The molecule has 2 aromatic heterocycles. The maximum absolute atomic E-state index is 11.1. The minimum absolute atomic E-state index is 0.0488. The Morgan fingerprint density at radius 3 is 2.23 bits per heavy atom. The Hall–Kier alpha value is -1.69. The van der Waals surface area contributed by atoms with Crippen molar-refractivity contribution in [1.29, 1.82) is 0 Å². The van der Waals surface area contributed by atoms with Gasteiger partial charge < -0.3 is 4.98 Å². The SMILES string of the molecule is Cc1cc(=O)[nH]c2ccc(Br)cc12.Cc1cc(Cl)nc2ccc(Br)cc12. The molecule has 4 rings (SSSR count). The summed E-state index contributed by atoms with van der Waals surface area (Å²) in [5, 5.41) is 2.76. The van der Waals surface area contributed by atoms with Crippen molar-refractivity contribution >= 4 is 65.3 Å². The van der Waals surface area contributed by atoms with Crippen LogP contribution in [0.15, 0.2) is 62.3 Å². The van der Waals surface area contributed by atoms with E-state index < -0.39 is 0 Å². The lowest BCUT2D eigenvalue weighted by Crippen LogP contribution is -2.04. The minimum atomic E-state index is -0.0488. The van der Waals surface area contributed by atoms with Gasteiger partial charge in [-0.15, -0.1) is 0 Å². The van der Waals surface area contributed by atoms with E-state index in [-0.39, 0.29) is 5.56 Å². The first-order chi connectivity index (χ1) is 12.3. The third-order valence-corrected chi connectivity index (χ3v) is 5.14. The van der Waals surface area contributed by atoms with Gasteiger partial charge in [0.2, 0.25) is 5.56 Å². The van der Waals surface area contributed by atoms with Gasteiger partial charge in [0.15, 0.2) is 0 Å². The van der Waals surface area contributed by atoms with Crippen molar-refractivity contribution < 1.29 is 0 Å². The summed E-state index contributed by atoms with van der Waals surface area (Å²) in [6.07, 6.45) is 0. The molecule has 2 heterocycles. The summed E-state index contributed by atoms with van der Waals surface area (Å²) in [7, 11) is 0. The molecule has 0 saturated carbocycles. The number of H-pyrrole nitrogens is 1. The fourth-order valence-electron chi connectivity index (χ4n) is 2.72. The summed E-state index contributed by atoms with van der Waals surface area (Å²) in [6.45, 7) is 3.96. The van der Waals surface area contributed by atoms with Crippen molar-refractivity contribution in [1.82, 2.24) is 9.97 Å². The molecule has 4 aromatic rings. The third-order valence-electron chi connectivity index (χ3n) is 3.96. The van der Waals surface area contributed by atoms with Gasteiger partial charge in [0.1, 0.15) is 5.15 Å². The van der Waals surface area contributed by atoms with Crippen LogP contribution in [0.25, 0.3) is 21.8 Å². The molecular formula is C20H15Br2ClN2O. The van der Waals surface area contributed by atoms with Gasteiger partial charge in [-0.05, 0) is 67.4 Å². The number of nitrogens with zero attached hydrogens (tertiary/aromatic N) is 1. The highest BCUT2D eigenvalue weighted by molar-refractivity contribution is 9.10. The van der Waals surface area contributed by atoms with Crippen LogP contribution in [0.5, 0.6) is 0 Å². The zero-order valence-corrected chi connectivity index (χ0v) is 18.0. The molecule has 0 aliphatic heterocycles. The van der Waals surface area contributed by atoms with Gasteiger partial charge in [-0.2, -0.15) is 0 Å². The first-order valence-electron chi connectivity index (χ1n) is 7.85. The Kier molecular flexibility index (Phi) is 5.80. The van der Waals surface area contributed by atoms with Gasteiger partial charge in [0, 0.05) is 31.3 Å². The highest BCUT2D eigenvalue weighted by atomic mass is 79.9. The smallest absolute Gasteiger partial charge is 0.248 e. The first kappa shape index (κ1) is 19.1. The Morgan fingerprint density at radius 1 is 0.885 bits per heavy atom. The summed E-state index contributed by atoms with van der Waals surface area (Å²) >= 11 is 12.7. The molecule has 132 valence electrons. The second-order valence-electron chi connectivity index (χ2n) is 5.93. The number of rotatable bonds is 0. The van der Waals surface area contributed by atoms with E-state index in [2.05, 4.69) is 41.8 Å². The van der Waals surface area contributed by atoms with E-state index >= 15 is 0 Å². The zero-order valence-electron chi connectivity index (χ0n) is 14.1. The van der Waals surface area contributed by atoms with Crippen molar-refractivity contribution in [3.8, 4) is 0 Å². The number of pyridine rings is 2. The van der Waals surface area contributed by atoms with Crippen LogP contribution in [0.2, 0.25) is 5.15 Å². The van der Waals surface area contributed by atoms with Crippen LogP contribution >= 0.6 is 43.5 Å². The Morgan fingerprint density at radius 2 is 1.50 bits per heavy atom. The lowest BCUT2D eigenvalue weighted by atomic mass is 10.1. The topological polar surface area (TPSA) is 45.8 Å². The molecule has 0 aliphatic carbocycles. The Labute approximate surface area is 172 Å². The predicted octanol–water partition coefficient (Wildman–Crippen LogP) is 6.56. The van der Waals surface area contributed by atoms with Crippen molar-refractivity contribution in [3.05, 3.63) is 84.1 Å². The van der Waals surface area contributed by atoms with E-state index in [4.69, 9.17) is 11.6 Å².